The van der Waals surface area contributed by atoms with Crippen LogP contribution in [-0.2, 0) is 26.3 Å². The van der Waals surface area contributed by atoms with Crippen molar-refractivity contribution >= 4 is 17.7 Å². The molecule has 0 radical (unpaired) electrons. The number of carboxylic acids is 1. The topological polar surface area (TPSA) is 104 Å². The summed E-state index contributed by atoms with van der Waals surface area (Å²) in [5.74, 6) is -0.240. The number of pyridine rings is 1. The Balaban J connectivity index is 1.89. The highest BCUT2D eigenvalue weighted by Crippen LogP contribution is 2.50. The minimum atomic E-state index is -1.06. The van der Waals surface area contributed by atoms with Gasteiger partial charge in [0.05, 0.1) is 13.2 Å². The standard InChI is InChI=1S/C34H50N4O5/c1-33(2,3)22-15-16-24(42-9)21(19-22)20-36-27-26(34(4,5)6)29(32(40)41)38(31(39)25-14-10-11-18-43-25)28(27)23-13-12-17-35-30(23)37(7)8/h12-13,15-17,19,25-29,36H,10-11,14,18,20H2,1-9H3,(H,40,41)/t25-,26+,27+,28+,29+/m1/s1. The summed E-state index contributed by atoms with van der Waals surface area (Å²) in [7, 11) is 5.49. The summed E-state index contributed by atoms with van der Waals surface area (Å²) in [6.45, 7) is 13.6. The fourth-order valence-corrected chi connectivity index (χ4v) is 6.78. The van der Waals surface area contributed by atoms with Crippen LogP contribution in [-0.4, -0.2) is 72.9 Å². The number of likely N-dealkylation sites (tertiary alicyclic amines) is 1. The Morgan fingerprint density at radius 1 is 1.14 bits per heavy atom. The van der Waals surface area contributed by atoms with Gasteiger partial charge in [0.25, 0.3) is 5.91 Å². The number of aromatic nitrogens is 1. The van der Waals surface area contributed by atoms with E-state index in [2.05, 4.69) is 64.0 Å². The van der Waals surface area contributed by atoms with E-state index >= 15 is 0 Å². The Kier molecular flexibility index (Phi) is 9.76. The minimum absolute atomic E-state index is 0.0567. The summed E-state index contributed by atoms with van der Waals surface area (Å²) in [6.07, 6.45) is 3.41. The van der Waals surface area contributed by atoms with Crippen molar-refractivity contribution in [1.29, 1.82) is 0 Å². The quantitative estimate of drug-likeness (QED) is 0.431. The third-order valence-corrected chi connectivity index (χ3v) is 8.86. The molecule has 0 saturated carbocycles. The van der Waals surface area contributed by atoms with Gasteiger partial charge in [-0.2, -0.15) is 0 Å². The molecule has 9 nitrogen and oxygen atoms in total. The second-order valence-electron chi connectivity index (χ2n) is 14.2. The zero-order valence-corrected chi connectivity index (χ0v) is 27.3. The van der Waals surface area contributed by atoms with Crippen molar-refractivity contribution in [2.75, 3.05) is 32.7 Å². The average Bonchev–Trinajstić information content (AvgIpc) is 3.31. The van der Waals surface area contributed by atoms with E-state index in [9.17, 15) is 14.7 Å². The lowest BCUT2D eigenvalue weighted by molar-refractivity contribution is -0.159. The Labute approximate surface area is 257 Å². The van der Waals surface area contributed by atoms with Crippen molar-refractivity contribution in [3.8, 4) is 5.75 Å². The number of amides is 1. The van der Waals surface area contributed by atoms with Crippen molar-refractivity contribution in [2.24, 2.45) is 11.3 Å². The van der Waals surface area contributed by atoms with Crippen LogP contribution in [0.3, 0.4) is 0 Å². The Hall–Kier alpha value is -3.17. The number of anilines is 1. The molecule has 2 aromatic rings. The van der Waals surface area contributed by atoms with Gasteiger partial charge in [0.1, 0.15) is 23.7 Å². The second-order valence-corrected chi connectivity index (χ2v) is 14.2. The zero-order chi connectivity index (χ0) is 31.7. The maximum Gasteiger partial charge on any atom is 0.326 e. The normalized spacial score (nSPS) is 24.6. The summed E-state index contributed by atoms with van der Waals surface area (Å²) in [5, 5.41) is 14.6. The van der Waals surface area contributed by atoms with E-state index in [0.717, 1.165) is 29.7 Å². The summed E-state index contributed by atoms with van der Waals surface area (Å²) in [5.41, 5.74) is 2.45. The van der Waals surface area contributed by atoms with E-state index in [-0.39, 0.29) is 11.3 Å². The monoisotopic (exact) mass is 594 g/mol. The lowest BCUT2D eigenvalue weighted by Crippen LogP contribution is -2.51. The molecular formula is C34H50N4O5. The Morgan fingerprint density at radius 3 is 2.42 bits per heavy atom. The predicted molar refractivity (Wildman–Crippen MR) is 168 cm³/mol. The molecule has 3 heterocycles. The minimum Gasteiger partial charge on any atom is -0.496 e. The van der Waals surface area contributed by atoms with E-state index in [1.807, 2.05) is 37.2 Å². The van der Waals surface area contributed by atoms with Crippen molar-refractivity contribution < 1.29 is 24.2 Å². The molecule has 2 N–H and O–H groups in total. The van der Waals surface area contributed by atoms with Crippen LogP contribution in [0.4, 0.5) is 5.82 Å². The highest BCUT2D eigenvalue weighted by molar-refractivity contribution is 5.88. The Morgan fingerprint density at radius 2 is 1.86 bits per heavy atom. The highest BCUT2D eigenvalue weighted by atomic mass is 16.5. The molecular weight excluding hydrogens is 544 g/mol. The first-order valence-corrected chi connectivity index (χ1v) is 15.4. The van der Waals surface area contributed by atoms with Crippen molar-refractivity contribution in [2.45, 2.75) is 97.0 Å². The first kappa shape index (κ1) is 32.7. The van der Waals surface area contributed by atoms with Gasteiger partial charge in [-0.25, -0.2) is 9.78 Å². The predicted octanol–water partition coefficient (Wildman–Crippen LogP) is 5.18. The molecule has 0 spiro atoms. The summed E-state index contributed by atoms with van der Waals surface area (Å²) in [6, 6.07) is 8.01. The lowest BCUT2D eigenvalue weighted by atomic mass is 9.72. The number of ether oxygens (including phenoxy) is 2. The van der Waals surface area contributed by atoms with Gasteiger partial charge in [-0.15, -0.1) is 0 Å². The van der Waals surface area contributed by atoms with Crippen LogP contribution in [0.2, 0.25) is 0 Å². The number of aliphatic carboxylic acids is 1. The van der Waals surface area contributed by atoms with Crippen LogP contribution in [0.5, 0.6) is 5.75 Å². The van der Waals surface area contributed by atoms with Crippen LogP contribution in [0.25, 0.3) is 0 Å². The third kappa shape index (κ3) is 6.83. The third-order valence-electron chi connectivity index (χ3n) is 8.86. The van der Waals surface area contributed by atoms with Gasteiger partial charge in [0.15, 0.2) is 0 Å². The molecule has 0 bridgehead atoms. The van der Waals surface area contributed by atoms with Crippen LogP contribution in [0.15, 0.2) is 36.5 Å². The number of carbonyl (C=O) groups is 2. The Bertz CT molecular complexity index is 1290. The number of carboxylic acid groups (broad SMARTS) is 1. The average molecular weight is 595 g/mol. The molecule has 5 atom stereocenters. The fraction of sp³-hybridized carbons (Fsp3) is 0.618. The van der Waals surface area contributed by atoms with Crippen LogP contribution in [0, 0.1) is 11.3 Å². The molecule has 236 valence electrons. The molecule has 2 fully saturated rings. The van der Waals surface area contributed by atoms with Gasteiger partial charge in [0.2, 0.25) is 0 Å². The first-order chi connectivity index (χ1) is 20.2. The maximum absolute atomic E-state index is 14.4. The van der Waals surface area contributed by atoms with Crippen molar-refractivity contribution in [3.05, 3.63) is 53.2 Å². The van der Waals surface area contributed by atoms with E-state index < -0.39 is 41.5 Å². The molecule has 1 aromatic carbocycles. The second kappa shape index (κ2) is 12.8. The first-order valence-electron chi connectivity index (χ1n) is 15.4. The van der Waals surface area contributed by atoms with Gasteiger partial charge in [-0.1, -0.05) is 59.7 Å². The van der Waals surface area contributed by atoms with E-state index in [4.69, 9.17) is 9.47 Å². The number of hydrogen-bond acceptors (Lipinski definition) is 7. The number of rotatable bonds is 8. The molecule has 1 aromatic heterocycles. The number of hydrogen-bond donors (Lipinski definition) is 2. The van der Waals surface area contributed by atoms with Crippen molar-refractivity contribution in [1.82, 2.24) is 15.2 Å². The zero-order valence-electron chi connectivity index (χ0n) is 27.3. The molecule has 1 amide bonds. The molecule has 2 aliphatic heterocycles. The van der Waals surface area contributed by atoms with E-state index in [1.165, 1.54) is 5.56 Å². The molecule has 2 saturated heterocycles. The van der Waals surface area contributed by atoms with Gasteiger partial charge in [-0.3, -0.25) is 4.79 Å². The SMILES string of the molecule is COc1ccc(C(C)(C)C)cc1CN[C@H]1[C@H](C(C)(C)C)[C@@H](C(=O)O)N(C(=O)[C@H]2CCCCO2)[C@H]1c1cccnc1N(C)C. The lowest BCUT2D eigenvalue weighted by Gasteiger charge is -2.36. The van der Waals surface area contributed by atoms with Gasteiger partial charge < -0.3 is 29.7 Å². The molecule has 4 rings (SSSR count). The smallest absolute Gasteiger partial charge is 0.326 e. The maximum atomic E-state index is 14.4. The van der Waals surface area contributed by atoms with Gasteiger partial charge in [0, 0.05) is 56.5 Å². The van der Waals surface area contributed by atoms with Crippen LogP contribution in [0.1, 0.15) is 83.5 Å². The molecule has 0 unspecified atom stereocenters. The van der Waals surface area contributed by atoms with E-state index in [0.29, 0.717) is 25.4 Å². The molecule has 43 heavy (non-hydrogen) atoms. The van der Waals surface area contributed by atoms with Crippen molar-refractivity contribution in [3.63, 3.8) is 0 Å². The number of carbonyl (C=O) groups excluding carboxylic acids is 1. The van der Waals surface area contributed by atoms with Crippen LogP contribution >= 0.6 is 0 Å². The highest BCUT2D eigenvalue weighted by Gasteiger charge is 2.59. The summed E-state index contributed by atoms with van der Waals surface area (Å²) < 4.78 is 11.7. The van der Waals surface area contributed by atoms with Crippen LogP contribution < -0.4 is 15.0 Å². The number of nitrogens with one attached hydrogen (secondary N) is 1. The fourth-order valence-electron chi connectivity index (χ4n) is 6.78. The number of benzene rings is 1. The number of nitrogens with zero attached hydrogens (tertiary/aromatic N) is 3. The summed E-state index contributed by atoms with van der Waals surface area (Å²) in [4.78, 5) is 35.8. The summed E-state index contributed by atoms with van der Waals surface area (Å²) >= 11 is 0. The molecule has 0 aliphatic carbocycles. The largest absolute Gasteiger partial charge is 0.496 e. The number of methoxy groups -OCH3 is 1. The van der Waals surface area contributed by atoms with Gasteiger partial charge >= 0.3 is 5.97 Å². The van der Waals surface area contributed by atoms with E-state index in [1.54, 1.807) is 18.2 Å². The molecule has 9 heteroatoms. The molecule has 2 aliphatic rings. The van der Waals surface area contributed by atoms with Gasteiger partial charge in [-0.05, 0) is 47.8 Å².